The maximum absolute atomic E-state index is 12.2. The van der Waals surface area contributed by atoms with Gasteiger partial charge in [-0.05, 0) is 24.3 Å². The Bertz CT molecular complexity index is 291. The molecule has 1 radical (unpaired) electrons. The average molecular weight is 188 g/mol. The van der Waals surface area contributed by atoms with Gasteiger partial charge in [-0.15, -0.1) is 0 Å². The summed E-state index contributed by atoms with van der Waals surface area (Å²) in [4.78, 5) is 1.60. The third-order valence-electron chi connectivity index (χ3n) is 1.62. The molecule has 0 aliphatic carbocycles. The lowest BCUT2D eigenvalue weighted by Gasteiger charge is -2.14. The van der Waals surface area contributed by atoms with Crippen molar-refractivity contribution in [2.45, 2.75) is 6.18 Å². The Balaban J connectivity index is 3.06. The topological polar surface area (TPSA) is 3.24 Å². The SMILES string of the molecule is CN(C)c1c[c]cc(C(F)(F)F)c1. The number of hydrogen-bond acceptors (Lipinski definition) is 1. The van der Waals surface area contributed by atoms with E-state index in [1.807, 2.05) is 0 Å². The van der Waals surface area contributed by atoms with E-state index in [4.69, 9.17) is 0 Å². The van der Waals surface area contributed by atoms with Gasteiger partial charge in [-0.3, -0.25) is 0 Å². The normalized spacial score (nSPS) is 11.5. The van der Waals surface area contributed by atoms with E-state index in [1.54, 1.807) is 19.0 Å². The predicted octanol–water partition coefficient (Wildman–Crippen LogP) is 2.57. The quantitative estimate of drug-likeness (QED) is 0.654. The molecule has 0 N–H and O–H groups in total. The van der Waals surface area contributed by atoms with Gasteiger partial charge >= 0.3 is 6.18 Å². The maximum atomic E-state index is 12.2. The van der Waals surface area contributed by atoms with Crippen LogP contribution >= 0.6 is 0 Å². The smallest absolute Gasteiger partial charge is 0.378 e. The Morgan fingerprint density at radius 1 is 1.23 bits per heavy atom. The Labute approximate surface area is 74.8 Å². The summed E-state index contributed by atoms with van der Waals surface area (Å²) in [6.45, 7) is 0. The van der Waals surface area contributed by atoms with Crippen molar-refractivity contribution in [1.29, 1.82) is 0 Å². The van der Waals surface area contributed by atoms with Crippen molar-refractivity contribution in [3.8, 4) is 0 Å². The monoisotopic (exact) mass is 188 g/mol. The van der Waals surface area contributed by atoms with Crippen LogP contribution in [0.15, 0.2) is 18.2 Å². The van der Waals surface area contributed by atoms with Crippen molar-refractivity contribution in [3.05, 3.63) is 29.8 Å². The molecule has 71 valence electrons. The van der Waals surface area contributed by atoms with Gasteiger partial charge in [0.1, 0.15) is 0 Å². The fourth-order valence-electron chi connectivity index (χ4n) is 0.881. The maximum Gasteiger partial charge on any atom is 0.416 e. The van der Waals surface area contributed by atoms with E-state index in [1.165, 1.54) is 6.07 Å². The second kappa shape index (κ2) is 3.28. The number of nitrogens with zero attached hydrogens (tertiary/aromatic N) is 1. The number of halogens is 3. The zero-order chi connectivity index (χ0) is 10.1. The average Bonchev–Trinajstić information content (AvgIpc) is 2.03. The zero-order valence-corrected chi connectivity index (χ0v) is 7.31. The second-order valence-corrected chi connectivity index (χ2v) is 2.87. The van der Waals surface area contributed by atoms with Gasteiger partial charge in [0, 0.05) is 19.8 Å². The van der Waals surface area contributed by atoms with E-state index >= 15 is 0 Å². The number of anilines is 1. The first-order valence-corrected chi connectivity index (χ1v) is 3.67. The summed E-state index contributed by atoms with van der Waals surface area (Å²) in [5, 5.41) is 0. The molecule has 0 aromatic heterocycles. The van der Waals surface area contributed by atoms with Crippen molar-refractivity contribution in [2.24, 2.45) is 0 Å². The first kappa shape index (κ1) is 9.89. The number of hydrogen-bond donors (Lipinski definition) is 0. The molecule has 13 heavy (non-hydrogen) atoms. The minimum atomic E-state index is -4.29. The third-order valence-corrected chi connectivity index (χ3v) is 1.62. The van der Waals surface area contributed by atoms with Crippen LogP contribution in [-0.2, 0) is 6.18 Å². The molecule has 0 atom stereocenters. The van der Waals surface area contributed by atoms with Gasteiger partial charge < -0.3 is 4.90 Å². The molecular formula is C9H9F3N. The molecule has 0 unspecified atom stereocenters. The number of benzene rings is 1. The fraction of sp³-hybridized carbons (Fsp3) is 0.333. The Morgan fingerprint density at radius 3 is 2.31 bits per heavy atom. The highest BCUT2D eigenvalue weighted by Gasteiger charge is 2.30. The summed E-state index contributed by atoms with van der Waals surface area (Å²) in [7, 11) is 3.37. The molecular weight excluding hydrogens is 179 g/mol. The summed E-state index contributed by atoms with van der Waals surface area (Å²) in [5.41, 5.74) is -0.173. The van der Waals surface area contributed by atoms with Gasteiger partial charge in [0.2, 0.25) is 0 Å². The molecule has 1 aromatic rings. The van der Waals surface area contributed by atoms with E-state index < -0.39 is 11.7 Å². The number of alkyl halides is 3. The molecule has 0 aliphatic rings. The summed E-state index contributed by atoms with van der Waals surface area (Å²) in [6, 6.07) is 6.00. The van der Waals surface area contributed by atoms with Crippen LogP contribution in [-0.4, -0.2) is 14.1 Å². The molecule has 0 saturated heterocycles. The van der Waals surface area contributed by atoms with Gasteiger partial charge in [0.15, 0.2) is 0 Å². The highest BCUT2D eigenvalue weighted by Crippen LogP contribution is 2.30. The minimum Gasteiger partial charge on any atom is -0.378 e. The Morgan fingerprint density at radius 2 is 1.85 bits per heavy atom. The highest BCUT2D eigenvalue weighted by atomic mass is 19.4. The molecule has 0 amide bonds. The highest BCUT2D eigenvalue weighted by molar-refractivity contribution is 5.47. The van der Waals surface area contributed by atoms with Gasteiger partial charge in [-0.25, -0.2) is 0 Å². The van der Waals surface area contributed by atoms with Crippen molar-refractivity contribution >= 4 is 5.69 Å². The molecule has 0 heterocycles. The van der Waals surface area contributed by atoms with Gasteiger partial charge in [0.25, 0.3) is 0 Å². The largest absolute Gasteiger partial charge is 0.416 e. The van der Waals surface area contributed by atoms with Gasteiger partial charge in [-0.2, -0.15) is 13.2 Å². The van der Waals surface area contributed by atoms with E-state index in [-0.39, 0.29) is 0 Å². The van der Waals surface area contributed by atoms with E-state index in [0.717, 1.165) is 12.1 Å². The molecule has 0 bridgehead atoms. The standard InChI is InChI=1S/C9H9F3N/c1-13(2)8-5-3-4-7(6-8)9(10,11)12/h4-6H,1-2H3. The predicted molar refractivity (Wildman–Crippen MR) is 44.6 cm³/mol. The summed E-state index contributed by atoms with van der Waals surface area (Å²) in [6.07, 6.45) is -4.29. The first-order chi connectivity index (χ1) is 5.91. The zero-order valence-electron chi connectivity index (χ0n) is 7.31. The van der Waals surface area contributed by atoms with Crippen molar-refractivity contribution in [3.63, 3.8) is 0 Å². The van der Waals surface area contributed by atoms with Crippen molar-refractivity contribution in [1.82, 2.24) is 0 Å². The fourth-order valence-corrected chi connectivity index (χ4v) is 0.881. The van der Waals surface area contributed by atoms with Crippen LogP contribution in [0.3, 0.4) is 0 Å². The molecule has 0 fully saturated rings. The summed E-state index contributed by atoms with van der Waals surface area (Å²) < 4.78 is 36.6. The van der Waals surface area contributed by atoms with Crippen LogP contribution in [0, 0.1) is 6.07 Å². The van der Waals surface area contributed by atoms with Crippen LogP contribution in [0.2, 0.25) is 0 Å². The number of rotatable bonds is 1. The van der Waals surface area contributed by atoms with E-state index in [0.29, 0.717) is 5.69 Å². The molecule has 1 nitrogen and oxygen atoms in total. The molecule has 1 aromatic carbocycles. The molecule has 1 rings (SSSR count). The lowest BCUT2D eigenvalue weighted by molar-refractivity contribution is -0.137. The Hall–Kier alpha value is -1.19. The second-order valence-electron chi connectivity index (χ2n) is 2.87. The summed E-state index contributed by atoms with van der Waals surface area (Å²) >= 11 is 0. The van der Waals surface area contributed by atoms with Crippen LogP contribution in [0.1, 0.15) is 5.56 Å². The van der Waals surface area contributed by atoms with Crippen molar-refractivity contribution < 1.29 is 13.2 Å². The molecule has 0 saturated carbocycles. The van der Waals surface area contributed by atoms with Crippen LogP contribution in [0.25, 0.3) is 0 Å². The third kappa shape index (κ3) is 2.37. The van der Waals surface area contributed by atoms with Crippen LogP contribution in [0.4, 0.5) is 18.9 Å². The van der Waals surface area contributed by atoms with E-state index in [9.17, 15) is 13.2 Å². The molecule has 0 aliphatic heterocycles. The summed E-state index contributed by atoms with van der Waals surface area (Å²) in [5.74, 6) is 0. The molecule has 4 heteroatoms. The lowest BCUT2D eigenvalue weighted by atomic mass is 10.2. The van der Waals surface area contributed by atoms with Crippen LogP contribution in [0.5, 0.6) is 0 Å². The Kier molecular flexibility index (Phi) is 2.50. The van der Waals surface area contributed by atoms with Crippen molar-refractivity contribution in [2.75, 3.05) is 19.0 Å². The van der Waals surface area contributed by atoms with Gasteiger partial charge in [-0.1, -0.05) is 0 Å². The molecule has 0 spiro atoms. The first-order valence-electron chi connectivity index (χ1n) is 3.67. The van der Waals surface area contributed by atoms with E-state index in [2.05, 4.69) is 6.07 Å². The lowest BCUT2D eigenvalue weighted by Crippen LogP contribution is -2.11. The van der Waals surface area contributed by atoms with Gasteiger partial charge in [0.05, 0.1) is 5.56 Å². The van der Waals surface area contributed by atoms with Crippen LogP contribution < -0.4 is 4.90 Å². The minimum absolute atomic E-state index is 0.495.